The Morgan fingerprint density at radius 3 is 2.62 bits per heavy atom. The predicted molar refractivity (Wildman–Crippen MR) is 106 cm³/mol. The number of nitrogens with zero attached hydrogens (tertiary/aromatic N) is 6. The summed E-state index contributed by atoms with van der Waals surface area (Å²) in [6, 6.07) is 16.2. The van der Waals surface area contributed by atoms with Crippen molar-refractivity contribution in [2.45, 2.75) is 0 Å². The zero-order chi connectivity index (χ0) is 20.2. The molecule has 0 atom stereocenters. The third kappa shape index (κ3) is 3.69. The number of rotatable bonds is 5. The van der Waals surface area contributed by atoms with Crippen molar-refractivity contribution in [3.05, 3.63) is 70.9 Å². The first kappa shape index (κ1) is 18.3. The van der Waals surface area contributed by atoms with Gasteiger partial charge in [0.05, 0.1) is 6.21 Å². The molecule has 2 aromatic carbocycles. The van der Waals surface area contributed by atoms with E-state index in [1.807, 2.05) is 24.3 Å². The van der Waals surface area contributed by atoms with Crippen LogP contribution in [-0.2, 0) is 0 Å². The lowest BCUT2D eigenvalue weighted by atomic mass is 10.1. The van der Waals surface area contributed by atoms with Gasteiger partial charge in [0.2, 0.25) is 11.6 Å². The molecule has 10 nitrogen and oxygen atoms in total. The van der Waals surface area contributed by atoms with Crippen LogP contribution in [0, 0.1) is 0 Å². The number of nitrogen functional groups attached to an aromatic ring is 1. The normalized spacial score (nSPS) is 11.1. The molecule has 0 aliphatic carbocycles. The Morgan fingerprint density at radius 2 is 1.90 bits per heavy atom. The fourth-order valence-electron chi connectivity index (χ4n) is 2.56. The van der Waals surface area contributed by atoms with Gasteiger partial charge in [0.15, 0.2) is 5.69 Å². The number of benzene rings is 2. The highest BCUT2D eigenvalue weighted by Crippen LogP contribution is 2.24. The lowest BCUT2D eigenvalue weighted by Crippen LogP contribution is -2.22. The molecular formula is C18H13ClN8O2. The van der Waals surface area contributed by atoms with Crippen molar-refractivity contribution >= 4 is 29.5 Å². The number of anilines is 1. The largest absolute Gasteiger partial charge is 0.378 e. The highest BCUT2D eigenvalue weighted by Gasteiger charge is 2.25. The minimum absolute atomic E-state index is 0.0388. The van der Waals surface area contributed by atoms with E-state index < -0.39 is 5.91 Å². The average Bonchev–Trinajstić information content (AvgIpc) is 3.36. The minimum atomic E-state index is -0.584. The number of halogens is 1. The monoisotopic (exact) mass is 408 g/mol. The SMILES string of the molecule is Nc1nonc1-n1nnc(-c2ccccc2)c1C(=O)N/N=C/c1ccccc1Cl. The molecule has 3 N–H and O–H groups in total. The van der Waals surface area contributed by atoms with E-state index in [0.717, 1.165) is 4.68 Å². The van der Waals surface area contributed by atoms with Crippen molar-refractivity contribution in [2.24, 2.45) is 5.10 Å². The molecule has 0 saturated heterocycles. The van der Waals surface area contributed by atoms with Crippen LogP contribution in [0.4, 0.5) is 5.82 Å². The van der Waals surface area contributed by atoms with E-state index in [0.29, 0.717) is 21.8 Å². The van der Waals surface area contributed by atoms with Crippen LogP contribution in [0.3, 0.4) is 0 Å². The summed E-state index contributed by atoms with van der Waals surface area (Å²) in [5, 5.41) is 19.8. The van der Waals surface area contributed by atoms with Crippen LogP contribution in [0.1, 0.15) is 16.1 Å². The second kappa shape index (κ2) is 7.90. The van der Waals surface area contributed by atoms with Gasteiger partial charge in [-0.25, -0.2) is 10.1 Å². The first-order valence-electron chi connectivity index (χ1n) is 8.32. The quantitative estimate of drug-likeness (QED) is 0.381. The van der Waals surface area contributed by atoms with Gasteiger partial charge in [0.25, 0.3) is 5.91 Å². The van der Waals surface area contributed by atoms with Crippen molar-refractivity contribution in [1.29, 1.82) is 0 Å². The van der Waals surface area contributed by atoms with Crippen molar-refractivity contribution < 1.29 is 9.42 Å². The fourth-order valence-corrected chi connectivity index (χ4v) is 2.74. The highest BCUT2D eigenvalue weighted by atomic mass is 35.5. The molecule has 11 heteroatoms. The summed E-state index contributed by atoms with van der Waals surface area (Å²) in [4.78, 5) is 12.9. The molecule has 0 unspecified atom stereocenters. The summed E-state index contributed by atoms with van der Waals surface area (Å²) in [7, 11) is 0. The number of hydrogen-bond donors (Lipinski definition) is 2. The summed E-state index contributed by atoms with van der Waals surface area (Å²) in [6.07, 6.45) is 1.43. The molecule has 0 aliphatic heterocycles. The average molecular weight is 409 g/mol. The first-order chi connectivity index (χ1) is 14.1. The number of hydrogen-bond acceptors (Lipinski definition) is 8. The van der Waals surface area contributed by atoms with E-state index in [-0.39, 0.29) is 17.3 Å². The number of carbonyl (C=O) groups excluding carboxylic acids is 1. The fraction of sp³-hybridized carbons (Fsp3) is 0. The molecular weight excluding hydrogens is 396 g/mol. The topological polar surface area (TPSA) is 137 Å². The zero-order valence-corrected chi connectivity index (χ0v) is 15.5. The Labute approximate surface area is 168 Å². The molecule has 4 rings (SSSR count). The van der Waals surface area contributed by atoms with Gasteiger partial charge >= 0.3 is 0 Å². The van der Waals surface area contributed by atoms with Crippen LogP contribution in [-0.4, -0.2) is 37.4 Å². The molecule has 0 radical (unpaired) electrons. The summed E-state index contributed by atoms with van der Waals surface area (Å²) in [5.74, 6) is -0.581. The molecule has 2 heterocycles. The maximum Gasteiger partial charge on any atom is 0.292 e. The standard InChI is InChI=1S/C18H13ClN8O2/c19-13-9-5-4-8-12(13)10-21-23-18(28)15-14(11-6-2-1-3-7-11)22-26-27(15)17-16(20)24-29-25-17/h1-10H,(H2,20,24)(H,23,28)/b21-10+. The third-order valence-electron chi connectivity index (χ3n) is 3.90. The summed E-state index contributed by atoms with van der Waals surface area (Å²) in [5.41, 5.74) is 9.90. The molecule has 0 spiro atoms. The summed E-state index contributed by atoms with van der Waals surface area (Å²) >= 11 is 6.09. The molecule has 0 fully saturated rings. The van der Waals surface area contributed by atoms with Gasteiger partial charge in [-0.1, -0.05) is 65.3 Å². The van der Waals surface area contributed by atoms with E-state index in [1.165, 1.54) is 6.21 Å². The molecule has 0 aliphatic rings. The summed E-state index contributed by atoms with van der Waals surface area (Å²) < 4.78 is 5.76. The van der Waals surface area contributed by atoms with Gasteiger partial charge in [0.1, 0.15) is 5.69 Å². The van der Waals surface area contributed by atoms with Crippen LogP contribution in [0.15, 0.2) is 64.3 Å². The molecule has 29 heavy (non-hydrogen) atoms. The molecule has 1 amide bonds. The lowest BCUT2D eigenvalue weighted by molar-refractivity contribution is 0.0948. The van der Waals surface area contributed by atoms with E-state index >= 15 is 0 Å². The minimum Gasteiger partial charge on any atom is -0.378 e. The number of carbonyl (C=O) groups is 1. The molecule has 0 bridgehead atoms. The second-order valence-corrected chi connectivity index (χ2v) is 6.17. The smallest absolute Gasteiger partial charge is 0.292 e. The Bertz CT molecular complexity index is 1190. The van der Waals surface area contributed by atoms with Gasteiger partial charge in [0, 0.05) is 16.1 Å². The number of hydrazone groups is 1. The Morgan fingerprint density at radius 1 is 1.14 bits per heavy atom. The Balaban J connectivity index is 1.71. The van der Waals surface area contributed by atoms with Gasteiger partial charge in [-0.2, -0.15) is 9.78 Å². The molecule has 4 aromatic rings. The highest BCUT2D eigenvalue weighted by molar-refractivity contribution is 6.33. The van der Waals surface area contributed by atoms with Crippen molar-refractivity contribution in [1.82, 2.24) is 30.7 Å². The van der Waals surface area contributed by atoms with Crippen molar-refractivity contribution in [2.75, 3.05) is 5.73 Å². The van der Waals surface area contributed by atoms with Crippen LogP contribution in [0.2, 0.25) is 5.02 Å². The van der Waals surface area contributed by atoms with Crippen molar-refractivity contribution in [3.63, 3.8) is 0 Å². The van der Waals surface area contributed by atoms with Gasteiger partial charge in [-0.05, 0) is 16.4 Å². The van der Waals surface area contributed by atoms with E-state index in [9.17, 15) is 4.79 Å². The zero-order valence-electron chi connectivity index (χ0n) is 14.7. The number of nitrogens with one attached hydrogen (secondary N) is 1. The van der Waals surface area contributed by atoms with Crippen molar-refractivity contribution in [3.8, 4) is 17.1 Å². The lowest BCUT2D eigenvalue weighted by Gasteiger charge is -2.05. The molecule has 144 valence electrons. The van der Waals surface area contributed by atoms with Crippen LogP contribution >= 0.6 is 11.6 Å². The van der Waals surface area contributed by atoms with Crippen LogP contribution in [0.5, 0.6) is 0 Å². The van der Waals surface area contributed by atoms with Gasteiger partial charge in [-0.3, -0.25) is 4.79 Å². The van der Waals surface area contributed by atoms with Gasteiger partial charge < -0.3 is 5.73 Å². The number of amides is 1. The van der Waals surface area contributed by atoms with E-state index in [4.69, 9.17) is 17.3 Å². The predicted octanol–water partition coefficient (Wildman–Crippen LogP) is 2.32. The third-order valence-corrected chi connectivity index (χ3v) is 4.25. The van der Waals surface area contributed by atoms with E-state index in [2.05, 4.69) is 35.8 Å². The number of aromatic nitrogens is 5. The number of nitrogens with two attached hydrogens (primary N) is 1. The van der Waals surface area contributed by atoms with E-state index in [1.54, 1.807) is 30.3 Å². The van der Waals surface area contributed by atoms with Crippen LogP contribution < -0.4 is 11.2 Å². The van der Waals surface area contributed by atoms with Gasteiger partial charge in [-0.15, -0.1) is 5.10 Å². The second-order valence-electron chi connectivity index (χ2n) is 5.76. The Hall–Kier alpha value is -4.05. The molecule has 2 aromatic heterocycles. The maximum atomic E-state index is 12.9. The Kier molecular flexibility index (Phi) is 4.99. The summed E-state index contributed by atoms with van der Waals surface area (Å²) in [6.45, 7) is 0. The maximum absolute atomic E-state index is 12.9. The first-order valence-corrected chi connectivity index (χ1v) is 8.70. The van der Waals surface area contributed by atoms with Crippen LogP contribution in [0.25, 0.3) is 17.1 Å². The molecule has 0 saturated carbocycles.